The Morgan fingerprint density at radius 1 is 0.818 bits per heavy atom. The fourth-order valence-electron chi connectivity index (χ4n) is 1.54. The average molecular weight is 240 g/mol. The van der Waals surface area contributed by atoms with Crippen molar-refractivity contribution in [3.8, 4) is 0 Å². The molecule has 0 heterocycles. The van der Waals surface area contributed by atoms with E-state index in [0.717, 1.165) is 0 Å². The quantitative estimate of drug-likeness (QED) is 0.597. The summed E-state index contributed by atoms with van der Waals surface area (Å²) >= 11 is 3.98. The van der Waals surface area contributed by atoms with Crippen LogP contribution in [0, 0.1) is 0 Å². The van der Waals surface area contributed by atoms with Crippen molar-refractivity contribution in [2.75, 3.05) is 18.5 Å². The first-order chi connectivity index (χ1) is 5.18. The molecule has 68 valence electrons. The lowest BCUT2D eigenvalue weighted by Gasteiger charge is -2.17. The number of hydrogen-bond acceptors (Lipinski definition) is 0. The van der Waals surface area contributed by atoms with E-state index in [2.05, 4.69) is 36.3 Å². The van der Waals surface area contributed by atoms with Crippen LogP contribution in [0.25, 0.3) is 0 Å². The third-order valence-corrected chi connectivity index (χ3v) is 8.81. The van der Waals surface area contributed by atoms with E-state index in [1.807, 2.05) is 0 Å². The van der Waals surface area contributed by atoms with Crippen LogP contribution in [0.4, 0.5) is 0 Å². The van der Waals surface area contributed by atoms with Gasteiger partial charge in [-0.1, -0.05) is 20.8 Å². The smallest absolute Gasteiger partial charge is 0.0619 e. The zero-order chi connectivity index (χ0) is 8.74. The van der Waals surface area contributed by atoms with E-state index in [1.165, 1.54) is 37.7 Å². The van der Waals surface area contributed by atoms with Crippen molar-refractivity contribution >= 4 is 21.5 Å². The monoisotopic (exact) mass is 239 g/mol. The second-order valence-electron chi connectivity index (χ2n) is 3.20. The predicted octanol–water partition coefficient (Wildman–Crippen LogP) is 4.54. The van der Waals surface area contributed by atoms with Crippen molar-refractivity contribution in [1.82, 2.24) is 0 Å². The van der Waals surface area contributed by atoms with Gasteiger partial charge in [0.2, 0.25) is 0 Å². The maximum absolute atomic E-state index is 3.98. The highest BCUT2D eigenvalue weighted by Crippen LogP contribution is 2.67. The molecule has 2 heteroatoms. The molecular weight excluding hydrogens is 219 g/mol. The van der Waals surface area contributed by atoms with Crippen molar-refractivity contribution < 1.29 is 0 Å². The normalized spacial score (nSPS) is 12.0. The number of hydrogen-bond donors (Lipinski definition) is 0. The molecule has 0 aromatic rings. The Morgan fingerprint density at radius 3 is 1.27 bits per heavy atom. The largest absolute Gasteiger partial charge is 0.138 e. The Kier molecular flexibility index (Phi) is 6.96. The average Bonchev–Trinajstić information content (AvgIpc) is 1.88. The predicted molar refractivity (Wildman–Crippen MR) is 61.3 cm³/mol. The number of halogens is 1. The van der Waals surface area contributed by atoms with Gasteiger partial charge >= 0.3 is 0 Å². The summed E-state index contributed by atoms with van der Waals surface area (Å²) in [6.07, 6.45) is 8.36. The third kappa shape index (κ3) is 5.20. The first-order valence-electron chi connectivity index (χ1n) is 4.74. The maximum atomic E-state index is 3.98. The minimum absolute atomic E-state index is 0.657. The van der Waals surface area contributed by atoms with Gasteiger partial charge in [-0.2, -0.15) is 0 Å². The van der Waals surface area contributed by atoms with E-state index in [9.17, 15) is 0 Å². The van der Waals surface area contributed by atoms with Crippen LogP contribution in [-0.4, -0.2) is 18.5 Å². The molecule has 0 rings (SSSR count). The fraction of sp³-hybridized carbons (Fsp3) is 1.00. The van der Waals surface area contributed by atoms with Crippen LogP contribution >= 0.6 is 21.5 Å². The molecule has 0 N–H and O–H groups in total. The second-order valence-corrected chi connectivity index (χ2v) is 11.1. The highest BCUT2D eigenvalue weighted by atomic mass is 79.9. The van der Waals surface area contributed by atoms with E-state index in [-0.39, 0.29) is 0 Å². The molecule has 0 fully saturated rings. The van der Waals surface area contributed by atoms with Gasteiger partial charge in [-0.15, -0.1) is 0 Å². The van der Waals surface area contributed by atoms with Crippen molar-refractivity contribution in [3.05, 3.63) is 0 Å². The van der Waals surface area contributed by atoms with E-state index >= 15 is 0 Å². The summed E-state index contributed by atoms with van der Waals surface area (Å²) in [6.45, 7) is 6.88. The van der Waals surface area contributed by atoms with E-state index in [0.29, 0.717) is 0 Å². The fourth-order valence-corrected chi connectivity index (χ4v) is 7.80. The molecule has 0 aromatic carbocycles. The van der Waals surface area contributed by atoms with Gasteiger partial charge in [0.15, 0.2) is 0 Å². The van der Waals surface area contributed by atoms with Crippen LogP contribution < -0.4 is 0 Å². The zero-order valence-electron chi connectivity index (χ0n) is 8.07. The van der Waals surface area contributed by atoms with Gasteiger partial charge < -0.3 is 0 Å². The molecule has 0 saturated carbocycles. The summed E-state index contributed by atoms with van der Waals surface area (Å²) in [5.41, 5.74) is 0. The SMILES string of the molecule is CCC[P+](Br)(CCC)CCC. The molecule has 0 saturated heterocycles. The molecular formula is C9H21BrP+. The molecule has 0 radical (unpaired) electrons. The van der Waals surface area contributed by atoms with Crippen molar-refractivity contribution in [3.63, 3.8) is 0 Å². The molecule has 0 aliphatic heterocycles. The zero-order valence-corrected chi connectivity index (χ0v) is 10.5. The standard InChI is InChI=1S/C9H21BrP/c1-4-7-11(10,8-5-2)9-6-3/h4-9H2,1-3H3/q+1. The molecule has 0 amide bonds. The first-order valence-corrected chi connectivity index (χ1v) is 9.10. The summed E-state index contributed by atoms with van der Waals surface area (Å²) in [4.78, 5) is 0. The lowest BCUT2D eigenvalue weighted by Crippen LogP contribution is -2.00. The number of rotatable bonds is 6. The third-order valence-electron chi connectivity index (χ3n) is 1.87. The minimum atomic E-state index is -0.657. The van der Waals surface area contributed by atoms with Crippen LogP contribution in [0.5, 0.6) is 0 Å². The Balaban J connectivity index is 3.79. The molecule has 0 unspecified atom stereocenters. The van der Waals surface area contributed by atoms with Gasteiger partial charge in [0.25, 0.3) is 0 Å². The van der Waals surface area contributed by atoms with Crippen molar-refractivity contribution in [1.29, 1.82) is 0 Å². The molecule has 0 bridgehead atoms. The van der Waals surface area contributed by atoms with Crippen molar-refractivity contribution in [2.24, 2.45) is 0 Å². The van der Waals surface area contributed by atoms with Crippen LogP contribution in [0.1, 0.15) is 40.0 Å². The second kappa shape index (κ2) is 6.43. The van der Waals surface area contributed by atoms with Gasteiger partial charge in [-0.25, -0.2) is 0 Å². The highest BCUT2D eigenvalue weighted by Gasteiger charge is 2.31. The lowest BCUT2D eigenvalue weighted by atomic mass is 10.6. The highest BCUT2D eigenvalue weighted by molar-refractivity contribution is 9.42. The topological polar surface area (TPSA) is 0 Å². The van der Waals surface area contributed by atoms with Crippen LogP contribution in [0.3, 0.4) is 0 Å². The van der Waals surface area contributed by atoms with Gasteiger partial charge in [0.05, 0.1) is 24.5 Å². The van der Waals surface area contributed by atoms with E-state index in [1.54, 1.807) is 0 Å². The Bertz CT molecular complexity index is 76.5. The molecule has 0 atom stereocenters. The van der Waals surface area contributed by atoms with Crippen LogP contribution in [-0.2, 0) is 0 Å². The van der Waals surface area contributed by atoms with Gasteiger partial charge in [0.1, 0.15) is 15.5 Å². The Labute approximate surface area is 80.2 Å². The molecule has 0 nitrogen and oxygen atoms in total. The summed E-state index contributed by atoms with van der Waals surface area (Å²) in [7, 11) is 0. The molecule has 11 heavy (non-hydrogen) atoms. The molecule has 0 aliphatic carbocycles. The van der Waals surface area contributed by atoms with Crippen LogP contribution in [0.15, 0.2) is 0 Å². The summed E-state index contributed by atoms with van der Waals surface area (Å²) in [5, 5.41) is 0. The van der Waals surface area contributed by atoms with Gasteiger partial charge in [-0.3, -0.25) is 0 Å². The van der Waals surface area contributed by atoms with Gasteiger partial charge in [-0.05, 0) is 19.3 Å². The first kappa shape index (κ1) is 11.9. The molecule has 0 aromatic heterocycles. The molecule has 0 aliphatic rings. The van der Waals surface area contributed by atoms with Crippen LogP contribution in [0.2, 0.25) is 0 Å². The maximum Gasteiger partial charge on any atom is 0.138 e. The summed E-state index contributed by atoms with van der Waals surface area (Å²) in [6, 6.07) is 0. The minimum Gasteiger partial charge on any atom is -0.0619 e. The summed E-state index contributed by atoms with van der Waals surface area (Å²) < 4.78 is 0. The van der Waals surface area contributed by atoms with Crippen molar-refractivity contribution in [2.45, 2.75) is 40.0 Å². The lowest BCUT2D eigenvalue weighted by molar-refractivity contribution is 1.01. The Morgan fingerprint density at radius 2 is 1.09 bits per heavy atom. The van der Waals surface area contributed by atoms with E-state index in [4.69, 9.17) is 0 Å². The summed E-state index contributed by atoms with van der Waals surface area (Å²) in [5.74, 6) is -0.657. The van der Waals surface area contributed by atoms with Gasteiger partial charge in [0, 0.05) is 0 Å². The Hall–Kier alpha value is 0.910. The van der Waals surface area contributed by atoms with E-state index < -0.39 is 5.96 Å². The molecule has 0 spiro atoms.